The second-order valence-electron chi connectivity index (χ2n) is 5.50. The molecular weight excluding hydrogens is 296 g/mol. The molecule has 0 atom stereocenters. The van der Waals surface area contributed by atoms with Gasteiger partial charge in [0.2, 0.25) is 0 Å². The van der Waals surface area contributed by atoms with E-state index in [4.69, 9.17) is 16.3 Å². The van der Waals surface area contributed by atoms with Crippen LogP contribution in [0, 0.1) is 0 Å². The van der Waals surface area contributed by atoms with Gasteiger partial charge in [-0.25, -0.2) is 0 Å². The zero-order valence-corrected chi connectivity index (χ0v) is 13.6. The number of hydrogen-bond donors (Lipinski definition) is 1. The molecule has 1 N–H and O–H groups in total. The molecule has 0 bridgehead atoms. The van der Waals surface area contributed by atoms with Gasteiger partial charge in [-0.05, 0) is 42.7 Å². The van der Waals surface area contributed by atoms with Crippen LogP contribution in [0.4, 0.5) is 11.4 Å². The van der Waals surface area contributed by atoms with Gasteiger partial charge in [0.15, 0.2) is 0 Å². The van der Waals surface area contributed by atoms with Crippen LogP contribution >= 0.6 is 11.6 Å². The van der Waals surface area contributed by atoms with Gasteiger partial charge in [-0.3, -0.25) is 0 Å². The van der Waals surface area contributed by atoms with Crippen LogP contribution in [0.1, 0.15) is 12.0 Å². The van der Waals surface area contributed by atoms with Crippen LogP contribution in [0.25, 0.3) is 0 Å². The van der Waals surface area contributed by atoms with E-state index in [0.717, 1.165) is 25.3 Å². The average Bonchev–Trinajstić information content (AvgIpc) is 2.55. The number of nitrogens with one attached hydrogen (secondary N) is 1. The zero-order chi connectivity index (χ0) is 15.4. The van der Waals surface area contributed by atoms with Crippen molar-refractivity contribution in [2.75, 3.05) is 37.0 Å². The van der Waals surface area contributed by atoms with E-state index in [0.29, 0.717) is 10.8 Å². The number of hydrogen-bond acceptors (Lipinski definition) is 3. The Hall–Kier alpha value is -1.87. The summed E-state index contributed by atoms with van der Waals surface area (Å²) in [5, 5.41) is 4.07. The fraction of sp³-hybridized carbons (Fsp3) is 0.333. The summed E-state index contributed by atoms with van der Waals surface area (Å²) in [6.45, 7) is 3.00. The molecule has 4 heteroatoms. The molecule has 0 amide bonds. The first-order valence-corrected chi connectivity index (χ1v) is 8.06. The minimum Gasteiger partial charge on any atom is -0.495 e. The highest BCUT2D eigenvalue weighted by Crippen LogP contribution is 2.28. The van der Waals surface area contributed by atoms with E-state index in [9.17, 15) is 0 Å². The molecule has 22 heavy (non-hydrogen) atoms. The third-order valence-electron chi connectivity index (χ3n) is 4.07. The topological polar surface area (TPSA) is 24.5 Å². The minimum atomic E-state index is 0.635. The van der Waals surface area contributed by atoms with Crippen molar-refractivity contribution in [1.29, 1.82) is 0 Å². The molecule has 2 aromatic rings. The van der Waals surface area contributed by atoms with Gasteiger partial charge in [-0.15, -0.1) is 0 Å². The summed E-state index contributed by atoms with van der Waals surface area (Å²) in [6, 6.07) is 14.5. The van der Waals surface area contributed by atoms with Crippen molar-refractivity contribution in [1.82, 2.24) is 0 Å². The predicted molar refractivity (Wildman–Crippen MR) is 93.5 cm³/mol. The standard InChI is InChI=1S/C18H21ClN2O/c1-22-18-9-8-15(13-16(18)19)20-10-12-21-11-4-6-14-5-2-3-7-17(14)21/h2-3,5,7-9,13,20H,4,6,10-12H2,1H3. The third kappa shape index (κ3) is 3.30. The number of benzene rings is 2. The molecule has 0 fully saturated rings. The lowest BCUT2D eigenvalue weighted by Gasteiger charge is -2.31. The molecule has 0 saturated carbocycles. The highest BCUT2D eigenvalue weighted by molar-refractivity contribution is 6.32. The quantitative estimate of drug-likeness (QED) is 0.894. The lowest BCUT2D eigenvalue weighted by atomic mass is 10.0. The van der Waals surface area contributed by atoms with E-state index >= 15 is 0 Å². The van der Waals surface area contributed by atoms with Crippen molar-refractivity contribution < 1.29 is 4.74 Å². The van der Waals surface area contributed by atoms with Crippen LogP contribution in [-0.4, -0.2) is 26.7 Å². The second-order valence-corrected chi connectivity index (χ2v) is 5.90. The number of ether oxygens (including phenoxy) is 1. The molecule has 0 saturated heterocycles. The Morgan fingerprint density at radius 3 is 2.91 bits per heavy atom. The van der Waals surface area contributed by atoms with Gasteiger partial charge in [-0.2, -0.15) is 0 Å². The monoisotopic (exact) mass is 316 g/mol. The highest BCUT2D eigenvalue weighted by Gasteiger charge is 2.15. The number of methoxy groups -OCH3 is 1. The third-order valence-corrected chi connectivity index (χ3v) is 4.36. The fourth-order valence-electron chi connectivity index (χ4n) is 2.96. The Kier molecular flexibility index (Phi) is 4.74. The summed E-state index contributed by atoms with van der Waals surface area (Å²) < 4.78 is 5.17. The summed E-state index contributed by atoms with van der Waals surface area (Å²) in [6.07, 6.45) is 2.42. The number of aryl methyl sites for hydroxylation is 1. The van der Waals surface area contributed by atoms with Crippen molar-refractivity contribution in [3.63, 3.8) is 0 Å². The molecule has 0 spiro atoms. The normalized spacial score (nSPS) is 13.6. The van der Waals surface area contributed by atoms with Crippen molar-refractivity contribution in [2.45, 2.75) is 12.8 Å². The summed E-state index contributed by atoms with van der Waals surface area (Å²) >= 11 is 6.15. The summed E-state index contributed by atoms with van der Waals surface area (Å²) in [5.74, 6) is 0.706. The summed E-state index contributed by atoms with van der Waals surface area (Å²) in [4.78, 5) is 2.46. The molecule has 3 nitrogen and oxygen atoms in total. The SMILES string of the molecule is COc1ccc(NCCN2CCCc3ccccc32)cc1Cl. The van der Waals surface area contributed by atoms with Crippen molar-refractivity contribution in [3.05, 3.63) is 53.1 Å². The predicted octanol–water partition coefficient (Wildman–Crippen LogP) is 4.21. The van der Waals surface area contributed by atoms with Crippen molar-refractivity contribution in [3.8, 4) is 5.75 Å². The van der Waals surface area contributed by atoms with Crippen LogP contribution < -0.4 is 15.0 Å². The molecule has 0 aliphatic carbocycles. The van der Waals surface area contributed by atoms with Crippen LogP contribution in [0.2, 0.25) is 5.02 Å². The van der Waals surface area contributed by atoms with E-state index in [1.807, 2.05) is 18.2 Å². The van der Waals surface area contributed by atoms with Crippen LogP contribution in [0.15, 0.2) is 42.5 Å². The maximum absolute atomic E-state index is 6.15. The Bertz CT molecular complexity index is 645. The van der Waals surface area contributed by atoms with Gasteiger partial charge < -0.3 is 15.0 Å². The van der Waals surface area contributed by atoms with E-state index in [2.05, 4.69) is 34.5 Å². The molecule has 3 rings (SSSR count). The number of anilines is 2. The van der Waals surface area contributed by atoms with Crippen LogP contribution in [-0.2, 0) is 6.42 Å². The fourth-order valence-corrected chi connectivity index (χ4v) is 3.21. The smallest absolute Gasteiger partial charge is 0.137 e. The Labute approximate surface area is 136 Å². The van der Waals surface area contributed by atoms with E-state index in [1.54, 1.807) is 7.11 Å². The largest absolute Gasteiger partial charge is 0.495 e. The lowest BCUT2D eigenvalue weighted by molar-refractivity contribution is 0.415. The highest BCUT2D eigenvalue weighted by atomic mass is 35.5. The average molecular weight is 317 g/mol. The van der Waals surface area contributed by atoms with Gasteiger partial charge in [0.1, 0.15) is 5.75 Å². The molecule has 0 aromatic heterocycles. The first kappa shape index (κ1) is 15.0. The Morgan fingerprint density at radius 1 is 1.23 bits per heavy atom. The van der Waals surface area contributed by atoms with E-state index < -0.39 is 0 Å². The first-order chi connectivity index (χ1) is 10.8. The number of rotatable bonds is 5. The number of halogens is 1. The van der Waals surface area contributed by atoms with Gasteiger partial charge in [-0.1, -0.05) is 29.8 Å². The first-order valence-electron chi connectivity index (χ1n) is 7.68. The molecule has 1 aliphatic heterocycles. The van der Waals surface area contributed by atoms with Crippen LogP contribution in [0.5, 0.6) is 5.75 Å². The molecule has 0 unspecified atom stereocenters. The second kappa shape index (κ2) is 6.93. The maximum Gasteiger partial charge on any atom is 0.137 e. The van der Waals surface area contributed by atoms with Crippen molar-refractivity contribution >= 4 is 23.0 Å². The van der Waals surface area contributed by atoms with Crippen LogP contribution in [0.3, 0.4) is 0 Å². The molecule has 1 aliphatic rings. The summed E-state index contributed by atoms with van der Waals surface area (Å²) in [7, 11) is 1.63. The summed E-state index contributed by atoms with van der Waals surface area (Å²) in [5.41, 5.74) is 3.86. The molecule has 0 radical (unpaired) electrons. The van der Waals surface area contributed by atoms with Gasteiger partial charge in [0.05, 0.1) is 12.1 Å². The molecule has 1 heterocycles. The maximum atomic E-state index is 6.15. The minimum absolute atomic E-state index is 0.635. The van der Waals surface area contributed by atoms with Gasteiger partial charge in [0.25, 0.3) is 0 Å². The lowest BCUT2D eigenvalue weighted by Crippen LogP contribution is -2.33. The van der Waals surface area contributed by atoms with E-state index in [1.165, 1.54) is 24.1 Å². The number of fused-ring (bicyclic) bond motifs is 1. The molecule has 116 valence electrons. The molecule has 2 aromatic carbocycles. The Morgan fingerprint density at radius 2 is 2.09 bits per heavy atom. The number of para-hydroxylation sites is 1. The van der Waals surface area contributed by atoms with Gasteiger partial charge in [0, 0.05) is 31.0 Å². The van der Waals surface area contributed by atoms with Gasteiger partial charge >= 0.3 is 0 Å². The van der Waals surface area contributed by atoms with Crippen molar-refractivity contribution in [2.24, 2.45) is 0 Å². The molecular formula is C18H21ClN2O. The Balaban J connectivity index is 1.59. The number of nitrogens with zero attached hydrogens (tertiary/aromatic N) is 1. The zero-order valence-electron chi connectivity index (χ0n) is 12.8. The van der Waals surface area contributed by atoms with E-state index in [-0.39, 0.29) is 0 Å².